The summed E-state index contributed by atoms with van der Waals surface area (Å²) in [5.41, 5.74) is 2.67. The average Bonchev–Trinajstić information content (AvgIpc) is 3.31. The summed E-state index contributed by atoms with van der Waals surface area (Å²) in [6.07, 6.45) is 1.86. The van der Waals surface area contributed by atoms with Gasteiger partial charge in [0.1, 0.15) is 5.54 Å². The summed E-state index contributed by atoms with van der Waals surface area (Å²) in [5.74, 6) is 1.61. The largest absolute Gasteiger partial charge is 0.493 e. The Balaban J connectivity index is 1.27. The van der Waals surface area contributed by atoms with Gasteiger partial charge in [-0.1, -0.05) is 18.2 Å². The maximum atomic E-state index is 12.9. The molecule has 2 atom stereocenters. The number of likely N-dealkylation sites (tertiary alicyclic amines) is 1. The third-order valence-corrected chi connectivity index (χ3v) is 7.47. The summed E-state index contributed by atoms with van der Waals surface area (Å²) in [5, 5.41) is 14.1. The van der Waals surface area contributed by atoms with Crippen LogP contribution < -0.4 is 19.7 Å². The molecule has 3 aliphatic rings. The predicted molar refractivity (Wildman–Crippen MR) is 122 cm³/mol. The maximum absolute atomic E-state index is 12.9. The minimum Gasteiger partial charge on any atom is -0.493 e. The van der Waals surface area contributed by atoms with Gasteiger partial charge in [0, 0.05) is 31.2 Å². The van der Waals surface area contributed by atoms with E-state index < -0.39 is 11.6 Å². The number of benzene rings is 2. The maximum Gasteiger partial charge on any atom is 0.247 e. The highest BCUT2D eigenvalue weighted by molar-refractivity contribution is 5.93. The molecule has 2 aromatic carbocycles. The fourth-order valence-electron chi connectivity index (χ4n) is 5.67. The number of anilines is 1. The molecular weight excluding hydrogens is 406 g/mol. The van der Waals surface area contributed by atoms with Crippen LogP contribution in [0.4, 0.5) is 5.69 Å². The molecule has 2 heterocycles. The van der Waals surface area contributed by atoms with E-state index in [4.69, 9.17) is 9.47 Å². The zero-order valence-electron chi connectivity index (χ0n) is 18.7. The molecule has 0 radical (unpaired) electrons. The summed E-state index contributed by atoms with van der Waals surface area (Å²) in [6.45, 7) is 3.04. The smallest absolute Gasteiger partial charge is 0.247 e. The number of fused-ring (bicyclic) bond motifs is 1. The highest BCUT2D eigenvalue weighted by Crippen LogP contribution is 2.43. The van der Waals surface area contributed by atoms with Crippen LogP contribution in [0.1, 0.15) is 30.1 Å². The first-order chi connectivity index (χ1) is 15.6. The molecule has 0 bridgehead atoms. The van der Waals surface area contributed by atoms with Gasteiger partial charge in [-0.05, 0) is 54.7 Å². The zero-order chi connectivity index (χ0) is 22.3. The average molecular weight is 438 g/mol. The third kappa shape index (κ3) is 3.40. The van der Waals surface area contributed by atoms with Gasteiger partial charge in [-0.3, -0.25) is 4.79 Å². The fourth-order valence-corrected chi connectivity index (χ4v) is 5.67. The fraction of sp³-hybridized carbons (Fsp3) is 0.480. The van der Waals surface area contributed by atoms with Crippen molar-refractivity contribution < 1.29 is 19.4 Å². The van der Waals surface area contributed by atoms with E-state index in [9.17, 15) is 9.90 Å². The molecule has 0 aromatic heterocycles. The molecule has 32 heavy (non-hydrogen) atoms. The Morgan fingerprint density at radius 2 is 1.78 bits per heavy atom. The number of piperidine rings is 1. The predicted octanol–water partition coefficient (Wildman–Crippen LogP) is 2.34. The van der Waals surface area contributed by atoms with Crippen LogP contribution in [0.5, 0.6) is 11.5 Å². The second kappa shape index (κ2) is 8.30. The molecule has 1 spiro atoms. The molecule has 2 saturated heterocycles. The molecule has 2 N–H and O–H groups in total. The Morgan fingerprint density at radius 3 is 2.47 bits per heavy atom. The van der Waals surface area contributed by atoms with E-state index in [-0.39, 0.29) is 11.8 Å². The van der Waals surface area contributed by atoms with Crippen molar-refractivity contribution in [2.45, 2.75) is 30.9 Å². The minimum absolute atomic E-state index is 0.124. The lowest BCUT2D eigenvalue weighted by atomic mass is 9.85. The van der Waals surface area contributed by atoms with Crippen molar-refractivity contribution in [1.82, 2.24) is 10.2 Å². The van der Waals surface area contributed by atoms with Gasteiger partial charge < -0.3 is 29.7 Å². The quantitative estimate of drug-likeness (QED) is 0.748. The van der Waals surface area contributed by atoms with Gasteiger partial charge in [0.15, 0.2) is 11.5 Å². The van der Waals surface area contributed by atoms with Crippen LogP contribution in [0, 0.1) is 5.92 Å². The van der Waals surface area contributed by atoms with Crippen LogP contribution in [0.15, 0.2) is 42.5 Å². The van der Waals surface area contributed by atoms with Crippen LogP contribution >= 0.6 is 0 Å². The minimum atomic E-state index is -0.517. The molecule has 1 aliphatic carbocycles. The van der Waals surface area contributed by atoms with E-state index in [1.54, 1.807) is 14.2 Å². The SMILES string of the molecule is COc1cc2c(cc1OC)[C@@H](O)[C@H](CN1CCC3(CC1)C(=O)NCN3c1ccccc1)C2. The summed E-state index contributed by atoms with van der Waals surface area (Å²) < 4.78 is 10.8. The third-order valence-electron chi connectivity index (χ3n) is 7.47. The first-order valence-corrected chi connectivity index (χ1v) is 11.3. The van der Waals surface area contributed by atoms with Gasteiger partial charge in [0.25, 0.3) is 0 Å². The van der Waals surface area contributed by atoms with Crippen LogP contribution in [0.3, 0.4) is 0 Å². The summed E-state index contributed by atoms with van der Waals surface area (Å²) in [4.78, 5) is 17.5. The Bertz CT molecular complexity index is 988. The van der Waals surface area contributed by atoms with Crippen molar-refractivity contribution in [2.75, 3.05) is 45.4 Å². The van der Waals surface area contributed by atoms with Crippen molar-refractivity contribution in [3.63, 3.8) is 0 Å². The second-order valence-electron chi connectivity index (χ2n) is 9.07. The topological polar surface area (TPSA) is 74.3 Å². The first-order valence-electron chi connectivity index (χ1n) is 11.3. The van der Waals surface area contributed by atoms with Gasteiger partial charge in [-0.25, -0.2) is 0 Å². The number of aliphatic hydroxyl groups excluding tert-OH is 1. The molecule has 0 unspecified atom stereocenters. The molecule has 1 amide bonds. The number of aliphatic hydroxyl groups is 1. The number of methoxy groups -OCH3 is 2. The molecule has 7 heteroatoms. The van der Waals surface area contributed by atoms with E-state index in [0.29, 0.717) is 18.2 Å². The first kappa shape index (κ1) is 21.1. The van der Waals surface area contributed by atoms with Crippen molar-refractivity contribution in [3.8, 4) is 11.5 Å². The van der Waals surface area contributed by atoms with E-state index in [0.717, 1.165) is 55.7 Å². The number of hydrogen-bond donors (Lipinski definition) is 2. The molecule has 5 rings (SSSR count). The van der Waals surface area contributed by atoms with Crippen molar-refractivity contribution >= 4 is 11.6 Å². The van der Waals surface area contributed by atoms with Crippen LogP contribution in [0.25, 0.3) is 0 Å². The number of carbonyl (C=O) groups excluding carboxylic acids is 1. The molecule has 7 nitrogen and oxygen atoms in total. The second-order valence-corrected chi connectivity index (χ2v) is 9.07. The Hall–Kier alpha value is -2.77. The summed E-state index contributed by atoms with van der Waals surface area (Å²) in [7, 11) is 3.25. The molecule has 2 fully saturated rings. The van der Waals surface area contributed by atoms with Crippen LogP contribution in [-0.2, 0) is 11.2 Å². The summed E-state index contributed by atoms with van der Waals surface area (Å²) in [6, 6.07) is 14.1. The molecular formula is C25H31N3O4. The number of nitrogens with zero attached hydrogens (tertiary/aromatic N) is 2. The van der Waals surface area contributed by atoms with Gasteiger partial charge in [-0.2, -0.15) is 0 Å². The number of para-hydroxylation sites is 1. The Labute approximate surface area is 188 Å². The van der Waals surface area contributed by atoms with Crippen LogP contribution in [0.2, 0.25) is 0 Å². The number of rotatable bonds is 5. The van der Waals surface area contributed by atoms with E-state index in [1.165, 1.54) is 0 Å². The van der Waals surface area contributed by atoms with E-state index in [1.807, 2.05) is 30.3 Å². The number of carbonyl (C=O) groups is 1. The van der Waals surface area contributed by atoms with Crippen molar-refractivity contribution in [1.29, 1.82) is 0 Å². The van der Waals surface area contributed by atoms with Crippen LogP contribution in [-0.4, -0.2) is 62.0 Å². The molecule has 170 valence electrons. The van der Waals surface area contributed by atoms with Crippen molar-refractivity contribution in [3.05, 3.63) is 53.6 Å². The summed E-state index contributed by atoms with van der Waals surface area (Å²) >= 11 is 0. The number of hydrogen-bond acceptors (Lipinski definition) is 6. The highest BCUT2D eigenvalue weighted by atomic mass is 16.5. The van der Waals surface area contributed by atoms with Gasteiger partial charge >= 0.3 is 0 Å². The standard InChI is InChI=1S/C25H31N3O4/c1-31-21-13-17-12-18(23(29)20(17)14-22(21)32-2)15-27-10-8-25(9-11-27)24(30)26-16-28(25)19-6-4-3-5-7-19/h3-7,13-14,18,23,29H,8-12,15-16H2,1-2H3,(H,26,30)/t18-,23-/m0/s1. The highest BCUT2D eigenvalue weighted by Gasteiger charge is 2.50. The van der Waals surface area contributed by atoms with E-state index in [2.05, 4.69) is 27.2 Å². The normalized spacial score (nSPS) is 24.5. The lowest BCUT2D eigenvalue weighted by Gasteiger charge is -2.44. The van der Waals surface area contributed by atoms with E-state index >= 15 is 0 Å². The number of nitrogens with one attached hydrogen (secondary N) is 1. The van der Waals surface area contributed by atoms with Crippen molar-refractivity contribution in [2.24, 2.45) is 5.92 Å². The van der Waals surface area contributed by atoms with Gasteiger partial charge in [0.05, 0.1) is 27.0 Å². The zero-order valence-corrected chi connectivity index (χ0v) is 18.7. The van der Waals surface area contributed by atoms with Gasteiger partial charge in [-0.15, -0.1) is 0 Å². The number of ether oxygens (including phenoxy) is 2. The lowest BCUT2D eigenvalue weighted by molar-refractivity contribution is -0.125. The molecule has 2 aliphatic heterocycles. The Morgan fingerprint density at radius 1 is 1.09 bits per heavy atom. The number of amides is 1. The van der Waals surface area contributed by atoms with Gasteiger partial charge in [0.2, 0.25) is 5.91 Å². The monoisotopic (exact) mass is 437 g/mol. The molecule has 2 aromatic rings. The lowest BCUT2D eigenvalue weighted by Crippen LogP contribution is -2.57. The molecule has 0 saturated carbocycles. The Kier molecular flexibility index (Phi) is 5.47.